The van der Waals surface area contributed by atoms with E-state index in [4.69, 9.17) is 4.74 Å². The minimum Gasteiger partial charge on any atom is -0.379 e. The van der Waals surface area contributed by atoms with Gasteiger partial charge in [-0.25, -0.2) is 4.39 Å². The van der Waals surface area contributed by atoms with E-state index in [2.05, 4.69) is 42.0 Å². The normalized spacial score (nSPS) is 13.5. The van der Waals surface area contributed by atoms with E-state index in [0.29, 0.717) is 0 Å². The van der Waals surface area contributed by atoms with Gasteiger partial charge in [-0.15, -0.1) is 0 Å². The van der Waals surface area contributed by atoms with Crippen LogP contribution in [0.1, 0.15) is 51.6 Å². The number of halogens is 2. The van der Waals surface area contributed by atoms with Gasteiger partial charge in [-0.1, -0.05) is 22.9 Å². The Morgan fingerprint density at radius 3 is 2.70 bits per heavy atom. The van der Waals surface area contributed by atoms with Crippen molar-refractivity contribution >= 4 is 15.9 Å². The average Bonchev–Trinajstić information content (AvgIpc) is 2.42. The second kappa shape index (κ2) is 8.11. The van der Waals surface area contributed by atoms with Crippen molar-refractivity contribution in [2.24, 2.45) is 0 Å². The van der Waals surface area contributed by atoms with Crippen LogP contribution in [0.5, 0.6) is 0 Å². The second-order valence-corrected chi connectivity index (χ2v) is 6.53. The van der Waals surface area contributed by atoms with Gasteiger partial charge in [0.15, 0.2) is 0 Å². The molecule has 1 atom stereocenters. The van der Waals surface area contributed by atoms with E-state index in [9.17, 15) is 4.39 Å². The number of hydrogen-bond donors (Lipinski definition) is 1. The summed E-state index contributed by atoms with van der Waals surface area (Å²) < 4.78 is 19.9. The van der Waals surface area contributed by atoms with Crippen LogP contribution in [-0.4, -0.2) is 19.3 Å². The van der Waals surface area contributed by atoms with E-state index < -0.39 is 0 Å². The Kier molecular flexibility index (Phi) is 7.13. The monoisotopic (exact) mass is 345 g/mol. The maximum Gasteiger partial charge on any atom is 0.123 e. The first-order valence-electron chi connectivity index (χ1n) is 7.13. The molecule has 114 valence electrons. The molecule has 0 heterocycles. The van der Waals surface area contributed by atoms with Gasteiger partial charge in [0, 0.05) is 17.6 Å². The fourth-order valence-corrected chi connectivity index (χ4v) is 2.58. The number of ether oxygens (including phenoxy) is 1. The lowest BCUT2D eigenvalue weighted by Gasteiger charge is -2.27. The highest BCUT2D eigenvalue weighted by molar-refractivity contribution is 9.10. The molecule has 0 spiro atoms. The van der Waals surface area contributed by atoms with Crippen molar-refractivity contribution in [2.75, 3.05) is 13.7 Å². The molecular weight excluding hydrogens is 321 g/mol. The van der Waals surface area contributed by atoms with Crippen LogP contribution in [-0.2, 0) is 4.74 Å². The van der Waals surface area contributed by atoms with E-state index in [1.54, 1.807) is 19.2 Å². The van der Waals surface area contributed by atoms with E-state index in [-0.39, 0.29) is 17.5 Å². The summed E-state index contributed by atoms with van der Waals surface area (Å²) in [5, 5.41) is 3.50. The van der Waals surface area contributed by atoms with Gasteiger partial charge in [-0.2, -0.15) is 0 Å². The molecule has 0 bridgehead atoms. The van der Waals surface area contributed by atoms with Crippen molar-refractivity contribution in [3.8, 4) is 0 Å². The number of methoxy groups -OCH3 is 1. The Labute approximate surface area is 130 Å². The maximum atomic E-state index is 13.5. The van der Waals surface area contributed by atoms with Crippen molar-refractivity contribution in [2.45, 2.75) is 51.7 Å². The first-order chi connectivity index (χ1) is 9.39. The van der Waals surface area contributed by atoms with Crippen LogP contribution >= 0.6 is 15.9 Å². The van der Waals surface area contributed by atoms with Crippen LogP contribution in [0.15, 0.2) is 22.7 Å². The minimum atomic E-state index is -0.197. The molecule has 1 aromatic carbocycles. The molecule has 0 amide bonds. The Morgan fingerprint density at radius 1 is 1.40 bits per heavy atom. The van der Waals surface area contributed by atoms with Crippen LogP contribution < -0.4 is 5.32 Å². The zero-order valence-electron chi connectivity index (χ0n) is 12.8. The molecule has 0 radical (unpaired) electrons. The zero-order valence-corrected chi connectivity index (χ0v) is 14.4. The van der Waals surface area contributed by atoms with E-state index in [1.807, 2.05) is 0 Å². The van der Waals surface area contributed by atoms with Crippen molar-refractivity contribution in [3.63, 3.8) is 0 Å². The summed E-state index contributed by atoms with van der Waals surface area (Å²) >= 11 is 3.52. The lowest BCUT2D eigenvalue weighted by atomic mass is 9.94. The van der Waals surface area contributed by atoms with Crippen LogP contribution in [0.25, 0.3) is 0 Å². The lowest BCUT2D eigenvalue weighted by molar-refractivity contribution is 0.0116. The standard InChI is InChI=1S/C16H25BrFNO/c1-5-10-19-15(8-9-16(2,3)20-4)13-11-12(18)6-7-14(13)17/h6-7,11,15,19H,5,8-10H2,1-4H3. The third kappa shape index (κ3) is 5.51. The van der Waals surface area contributed by atoms with E-state index in [0.717, 1.165) is 35.8 Å². The fraction of sp³-hybridized carbons (Fsp3) is 0.625. The maximum absolute atomic E-state index is 13.5. The molecule has 0 aliphatic rings. The summed E-state index contributed by atoms with van der Waals surface area (Å²) in [5.41, 5.74) is 0.816. The Morgan fingerprint density at radius 2 is 2.10 bits per heavy atom. The molecule has 2 nitrogen and oxygen atoms in total. The molecule has 0 saturated heterocycles. The van der Waals surface area contributed by atoms with Gasteiger partial charge in [0.2, 0.25) is 0 Å². The third-order valence-corrected chi connectivity index (χ3v) is 4.28. The minimum absolute atomic E-state index is 0.134. The Balaban J connectivity index is 2.85. The van der Waals surface area contributed by atoms with Crippen LogP contribution in [0.2, 0.25) is 0 Å². The van der Waals surface area contributed by atoms with Gasteiger partial charge >= 0.3 is 0 Å². The number of hydrogen-bond acceptors (Lipinski definition) is 2. The molecular formula is C16H25BrFNO. The lowest BCUT2D eigenvalue weighted by Crippen LogP contribution is -2.28. The summed E-state index contributed by atoms with van der Waals surface area (Å²) in [6, 6.07) is 4.99. The molecule has 0 aromatic heterocycles. The topological polar surface area (TPSA) is 21.3 Å². The van der Waals surface area contributed by atoms with Gasteiger partial charge in [-0.05, 0) is 63.4 Å². The molecule has 0 aliphatic carbocycles. The highest BCUT2D eigenvalue weighted by Crippen LogP contribution is 2.30. The average molecular weight is 346 g/mol. The van der Waals surface area contributed by atoms with Crippen molar-refractivity contribution in [1.29, 1.82) is 0 Å². The van der Waals surface area contributed by atoms with Gasteiger partial charge in [0.1, 0.15) is 5.82 Å². The predicted octanol–water partition coefficient (Wildman–Crippen LogP) is 4.83. The van der Waals surface area contributed by atoms with Crippen LogP contribution in [0.3, 0.4) is 0 Å². The SMILES string of the molecule is CCCNC(CCC(C)(C)OC)c1cc(F)ccc1Br. The molecule has 0 saturated carbocycles. The summed E-state index contributed by atoms with van der Waals surface area (Å²) in [6.45, 7) is 7.19. The smallest absolute Gasteiger partial charge is 0.123 e. The molecule has 1 rings (SSSR count). The second-order valence-electron chi connectivity index (χ2n) is 5.68. The van der Waals surface area contributed by atoms with Gasteiger partial charge in [0.05, 0.1) is 5.60 Å². The van der Waals surface area contributed by atoms with Gasteiger partial charge < -0.3 is 10.1 Å². The predicted molar refractivity (Wildman–Crippen MR) is 85.5 cm³/mol. The van der Waals surface area contributed by atoms with Gasteiger partial charge in [0.25, 0.3) is 0 Å². The molecule has 1 unspecified atom stereocenters. The molecule has 0 fully saturated rings. The quantitative estimate of drug-likeness (QED) is 0.728. The highest BCUT2D eigenvalue weighted by Gasteiger charge is 2.21. The van der Waals surface area contributed by atoms with E-state index in [1.165, 1.54) is 6.07 Å². The first-order valence-corrected chi connectivity index (χ1v) is 7.92. The highest BCUT2D eigenvalue weighted by atomic mass is 79.9. The number of nitrogens with one attached hydrogen (secondary N) is 1. The summed E-state index contributed by atoms with van der Waals surface area (Å²) in [4.78, 5) is 0. The van der Waals surface area contributed by atoms with Crippen molar-refractivity contribution in [1.82, 2.24) is 5.32 Å². The number of rotatable bonds is 8. The molecule has 0 aliphatic heterocycles. The Bertz CT molecular complexity index is 423. The summed E-state index contributed by atoms with van der Waals surface area (Å²) in [6.07, 6.45) is 2.87. The van der Waals surface area contributed by atoms with Crippen molar-refractivity contribution in [3.05, 3.63) is 34.1 Å². The Hall–Kier alpha value is -0.450. The largest absolute Gasteiger partial charge is 0.379 e. The molecule has 1 aromatic rings. The van der Waals surface area contributed by atoms with Crippen molar-refractivity contribution < 1.29 is 9.13 Å². The fourth-order valence-electron chi connectivity index (χ4n) is 2.06. The summed E-state index contributed by atoms with van der Waals surface area (Å²) in [5.74, 6) is -0.197. The molecule has 4 heteroatoms. The van der Waals surface area contributed by atoms with E-state index >= 15 is 0 Å². The first kappa shape index (κ1) is 17.6. The van der Waals surface area contributed by atoms with Crippen LogP contribution in [0, 0.1) is 5.82 Å². The molecule has 1 N–H and O–H groups in total. The van der Waals surface area contributed by atoms with Gasteiger partial charge in [-0.3, -0.25) is 0 Å². The van der Waals surface area contributed by atoms with Crippen LogP contribution in [0.4, 0.5) is 4.39 Å². The zero-order chi connectivity index (χ0) is 15.2. The number of benzene rings is 1. The molecule has 20 heavy (non-hydrogen) atoms. The summed E-state index contributed by atoms with van der Waals surface area (Å²) in [7, 11) is 1.73. The third-order valence-electron chi connectivity index (χ3n) is 3.56.